The minimum Gasteiger partial charge on any atom is -0.496 e. The molecule has 4 atom stereocenters. The zero-order chi connectivity index (χ0) is 22.8. The van der Waals surface area contributed by atoms with Crippen molar-refractivity contribution in [3.05, 3.63) is 66.4 Å². The second-order valence-electron chi connectivity index (χ2n) is 9.02. The van der Waals surface area contributed by atoms with Crippen LogP contribution < -0.4 is 15.4 Å². The number of ether oxygens (including phenoxy) is 1. The van der Waals surface area contributed by atoms with Gasteiger partial charge in [-0.15, -0.1) is 0 Å². The van der Waals surface area contributed by atoms with Crippen LogP contribution in [0, 0.1) is 5.92 Å². The molecular weight excluding hydrogens is 414 g/mol. The van der Waals surface area contributed by atoms with E-state index in [1.807, 2.05) is 60.3 Å². The van der Waals surface area contributed by atoms with Crippen molar-refractivity contribution in [1.29, 1.82) is 0 Å². The largest absolute Gasteiger partial charge is 0.496 e. The Kier molecular flexibility index (Phi) is 6.05. The summed E-state index contributed by atoms with van der Waals surface area (Å²) in [6.07, 6.45) is 2.28. The average Bonchev–Trinajstić information content (AvgIpc) is 3.25. The zero-order valence-electron chi connectivity index (χ0n) is 19.2. The van der Waals surface area contributed by atoms with E-state index in [9.17, 15) is 4.79 Å². The quantitative estimate of drug-likeness (QED) is 0.599. The normalized spacial score (nSPS) is 23.8. The van der Waals surface area contributed by atoms with Gasteiger partial charge in [-0.05, 0) is 55.6 Å². The van der Waals surface area contributed by atoms with Crippen LogP contribution in [0.3, 0.4) is 0 Å². The molecule has 6 rings (SSSR count). The summed E-state index contributed by atoms with van der Waals surface area (Å²) in [4.78, 5) is 14.8. The third kappa shape index (κ3) is 4.46. The van der Waals surface area contributed by atoms with E-state index in [-0.39, 0.29) is 6.03 Å². The van der Waals surface area contributed by atoms with E-state index >= 15 is 0 Å². The van der Waals surface area contributed by atoms with E-state index in [1.54, 1.807) is 7.11 Å². The van der Waals surface area contributed by atoms with Gasteiger partial charge in [-0.25, -0.2) is 4.79 Å². The Hall–Kier alpha value is -3.32. The second kappa shape index (κ2) is 9.27. The van der Waals surface area contributed by atoms with Crippen molar-refractivity contribution >= 4 is 11.7 Å². The summed E-state index contributed by atoms with van der Waals surface area (Å²) < 4.78 is 7.58. The van der Waals surface area contributed by atoms with Gasteiger partial charge in [0, 0.05) is 49.0 Å². The van der Waals surface area contributed by atoms with Crippen LogP contribution >= 0.6 is 0 Å². The summed E-state index contributed by atoms with van der Waals surface area (Å²) in [5.74, 6) is 1.89. The van der Waals surface area contributed by atoms with Gasteiger partial charge >= 0.3 is 6.03 Å². The molecule has 7 nitrogen and oxygen atoms in total. The number of aromatic nitrogens is 2. The van der Waals surface area contributed by atoms with Crippen LogP contribution in [0.1, 0.15) is 24.5 Å². The first kappa shape index (κ1) is 21.5. The first-order valence-corrected chi connectivity index (χ1v) is 11.6. The average molecular weight is 446 g/mol. The Morgan fingerprint density at radius 1 is 1.15 bits per heavy atom. The SMILES string of the molecule is COc1ccccc1-c1cc(C2CN3CCC2CC3CNC(=O)Nc2ccccc2)n(C)n1. The van der Waals surface area contributed by atoms with Gasteiger partial charge in [0.05, 0.1) is 12.8 Å². The van der Waals surface area contributed by atoms with Gasteiger partial charge < -0.3 is 15.4 Å². The smallest absolute Gasteiger partial charge is 0.319 e. The highest BCUT2D eigenvalue weighted by molar-refractivity contribution is 5.89. The molecule has 4 heterocycles. The maximum absolute atomic E-state index is 12.3. The summed E-state index contributed by atoms with van der Waals surface area (Å²) in [5.41, 5.74) is 4.06. The van der Waals surface area contributed by atoms with Crippen LogP contribution in [0.25, 0.3) is 11.3 Å². The Bertz CT molecular complexity index is 1110. The zero-order valence-corrected chi connectivity index (χ0v) is 19.2. The standard InChI is InChI=1S/C26H31N5O2/c1-30-24(15-23(29-30)21-10-6-7-11-25(21)33-2)22-17-31-13-12-18(22)14-20(31)16-27-26(32)28-19-8-4-3-5-9-19/h3-11,15,18,20,22H,12-14,16-17H2,1-2H3,(H2,27,28,32). The highest BCUT2D eigenvalue weighted by Gasteiger charge is 2.41. The fourth-order valence-electron chi connectivity index (χ4n) is 5.41. The number of anilines is 1. The number of aryl methyl sites for hydroxylation is 1. The number of carbonyl (C=O) groups excluding carboxylic acids is 1. The van der Waals surface area contributed by atoms with Crippen molar-refractivity contribution in [2.24, 2.45) is 13.0 Å². The minimum atomic E-state index is -0.145. The van der Waals surface area contributed by atoms with E-state index in [0.29, 0.717) is 24.4 Å². The van der Waals surface area contributed by atoms with E-state index in [4.69, 9.17) is 9.84 Å². The number of fused-ring (bicyclic) bond motifs is 3. The molecule has 3 fully saturated rings. The Balaban J connectivity index is 1.24. The maximum Gasteiger partial charge on any atom is 0.319 e. The van der Waals surface area contributed by atoms with Gasteiger partial charge in [0.2, 0.25) is 0 Å². The van der Waals surface area contributed by atoms with E-state index in [2.05, 4.69) is 27.7 Å². The molecule has 3 aliphatic heterocycles. The van der Waals surface area contributed by atoms with Gasteiger partial charge in [0.15, 0.2) is 0 Å². The van der Waals surface area contributed by atoms with Crippen molar-refractivity contribution in [2.75, 3.05) is 32.1 Å². The molecule has 172 valence electrons. The number of hydrogen-bond donors (Lipinski definition) is 2. The number of para-hydroxylation sites is 2. The number of amides is 2. The van der Waals surface area contributed by atoms with Crippen molar-refractivity contribution in [3.8, 4) is 17.0 Å². The molecule has 3 saturated heterocycles. The van der Waals surface area contributed by atoms with Crippen LogP contribution in [0.4, 0.5) is 10.5 Å². The second-order valence-corrected chi connectivity index (χ2v) is 9.02. The van der Waals surface area contributed by atoms with Crippen LogP contribution in [0.2, 0.25) is 0 Å². The minimum absolute atomic E-state index is 0.145. The maximum atomic E-state index is 12.3. The molecule has 2 aromatic carbocycles. The Morgan fingerprint density at radius 2 is 1.94 bits per heavy atom. The van der Waals surface area contributed by atoms with Crippen molar-refractivity contribution in [2.45, 2.75) is 24.8 Å². The van der Waals surface area contributed by atoms with Gasteiger partial charge in [-0.3, -0.25) is 9.58 Å². The molecule has 7 heteroatoms. The van der Waals surface area contributed by atoms with Gasteiger partial charge in [0.25, 0.3) is 0 Å². The fraction of sp³-hybridized carbons (Fsp3) is 0.385. The fourth-order valence-corrected chi connectivity index (χ4v) is 5.41. The molecule has 33 heavy (non-hydrogen) atoms. The molecule has 0 spiro atoms. The Labute approximate surface area is 194 Å². The predicted octanol–water partition coefficient (Wildman–Crippen LogP) is 4.10. The molecule has 1 aromatic heterocycles. The summed E-state index contributed by atoms with van der Waals surface area (Å²) in [6, 6.07) is 20.0. The van der Waals surface area contributed by atoms with Crippen LogP contribution in [-0.2, 0) is 7.05 Å². The molecule has 3 aliphatic rings. The van der Waals surface area contributed by atoms with Gasteiger partial charge in [0.1, 0.15) is 5.75 Å². The van der Waals surface area contributed by atoms with Crippen LogP contribution in [0.5, 0.6) is 5.75 Å². The molecular formula is C26H31N5O2. The third-order valence-electron chi connectivity index (χ3n) is 7.09. The van der Waals surface area contributed by atoms with E-state index in [0.717, 1.165) is 42.2 Å². The number of benzene rings is 2. The summed E-state index contributed by atoms with van der Waals surface area (Å²) in [7, 11) is 3.74. The van der Waals surface area contributed by atoms with Gasteiger partial charge in [-0.2, -0.15) is 5.10 Å². The molecule has 4 unspecified atom stereocenters. The lowest BCUT2D eigenvalue weighted by atomic mass is 9.74. The number of methoxy groups -OCH3 is 1. The lowest BCUT2D eigenvalue weighted by molar-refractivity contribution is 0.0296. The number of hydrogen-bond acceptors (Lipinski definition) is 4. The van der Waals surface area contributed by atoms with Gasteiger partial charge in [-0.1, -0.05) is 30.3 Å². The molecule has 2 amide bonds. The molecule has 3 aromatic rings. The van der Waals surface area contributed by atoms with Crippen LogP contribution in [0.15, 0.2) is 60.7 Å². The number of carbonyl (C=O) groups is 1. The topological polar surface area (TPSA) is 71.4 Å². The number of urea groups is 1. The number of nitrogens with one attached hydrogen (secondary N) is 2. The predicted molar refractivity (Wildman–Crippen MR) is 129 cm³/mol. The van der Waals surface area contributed by atoms with Crippen molar-refractivity contribution in [3.63, 3.8) is 0 Å². The lowest BCUT2D eigenvalue weighted by Crippen LogP contribution is -2.56. The highest BCUT2D eigenvalue weighted by Crippen LogP contribution is 2.42. The van der Waals surface area contributed by atoms with E-state index in [1.165, 1.54) is 12.1 Å². The Morgan fingerprint density at radius 3 is 2.70 bits per heavy atom. The molecule has 0 aliphatic carbocycles. The number of nitrogens with zero attached hydrogens (tertiary/aromatic N) is 3. The number of rotatable bonds is 6. The third-order valence-corrected chi connectivity index (χ3v) is 7.09. The van der Waals surface area contributed by atoms with Crippen molar-refractivity contribution in [1.82, 2.24) is 20.0 Å². The lowest BCUT2D eigenvalue weighted by Gasteiger charge is -2.49. The molecule has 2 bridgehead atoms. The first-order valence-electron chi connectivity index (χ1n) is 11.6. The monoisotopic (exact) mass is 445 g/mol. The molecule has 2 N–H and O–H groups in total. The molecule has 0 saturated carbocycles. The summed E-state index contributed by atoms with van der Waals surface area (Å²) >= 11 is 0. The van der Waals surface area contributed by atoms with Crippen molar-refractivity contribution < 1.29 is 9.53 Å². The highest BCUT2D eigenvalue weighted by atomic mass is 16.5. The first-order chi connectivity index (χ1) is 16.1. The summed E-state index contributed by atoms with van der Waals surface area (Å²) in [6.45, 7) is 2.76. The van der Waals surface area contributed by atoms with Crippen LogP contribution in [-0.4, -0.2) is 53.5 Å². The number of piperidine rings is 3. The van der Waals surface area contributed by atoms with E-state index < -0.39 is 0 Å². The summed E-state index contributed by atoms with van der Waals surface area (Å²) in [5, 5.41) is 10.8. The molecule has 0 radical (unpaired) electrons.